The van der Waals surface area contributed by atoms with Crippen molar-refractivity contribution in [1.29, 1.82) is 0 Å². The molecule has 2 unspecified atom stereocenters. The number of carboxylic acids is 1. The fourth-order valence-corrected chi connectivity index (χ4v) is 2.62. The summed E-state index contributed by atoms with van der Waals surface area (Å²) in [4.78, 5) is 11.7. The summed E-state index contributed by atoms with van der Waals surface area (Å²) in [7, 11) is 1.63. The second kappa shape index (κ2) is 4.14. The second-order valence-corrected chi connectivity index (χ2v) is 4.82. The molecular formula is C11H12O3S. The molecule has 1 aliphatic rings. The number of carbonyl (C=O) groups is 1. The lowest BCUT2D eigenvalue weighted by Gasteiger charge is -2.02. The number of ether oxygens (including phenoxy) is 1. The van der Waals surface area contributed by atoms with Gasteiger partial charge >= 0.3 is 5.97 Å². The highest BCUT2D eigenvalue weighted by Gasteiger charge is 2.43. The lowest BCUT2D eigenvalue weighted by molar-refractivity contribution is -0.138. The minimum atomic E-state index is -0.680. The Kier molecular flexibility index (Phi) is 2.86. The van der Waals surface area contributed by atoms with E-state index in [1.165, 1.54) is 0 Å². The molecule has 3 nitrogen and oxygen atoms in total. The van der Waals surface area contributed by atoms with Crippen LogP contribution in [0.25, 0.3) is 0 Å². The summed E-state index contributed by atoms with van der Waals surface area (Å²) in [6, 6.07) is 7.70. The number of benzene rings is 1. The fraction of sp³-hybridized carbons (Fsp3) is 0.364. The van der Waals surface area contributed by atoms with Crippen molar-refractivity contribution in [3.8, 4) is 5.75 Å². The monoisotopic (exact) mass is 224 g/mol. The van der Waals surface area contributed by atoms with E-state index >= 15 is 0 Å². The van der Waals surface area contributed by atoms with E-state index in [2.05, 4.69) is 0 Å². The van der Waals surface area contributed by atoms with Crippen LogP contribution in [0.15, 0.2) is 29.2 Å². The highest BCUT2D eigenvalue weighted by atomic mass is 32.2. The molecule has 1 aliphatic carbocycles. The van der Waals surface area contributed by atoms with Gasteiger partial charge in [-0.15, -0.1) is 11.8 Å². The molecule has 0 amide bonds. The van der Waals surface area contributed by atoms with Crippen molar-refractivity contribution in [2.24, 2.45) is 5.92 Å². The van der Waals surface area contributed by atoms with E-state index < -0.39 is 5.97 Å². The van der Waals surface area contributed by atoms with Crippen LogP contribution in [0.1, 0.15) is 6.42 Å². The molecule has 0 heterocycles. The van der Waals surface area contributed by atoms with E-state index in [1.54, 1.807) is 18.9 Å². The van der Waals surface area contributed by atoms with Crippen molar-refractivity contribution in [3.05, 3.63) is 24.3 Å². The van der Waals surface area contributed by atoms with Crippen LogP contribution in [0.4, 0.5) is 0 Å². The Labute approximate surface area is 92.4 Å². The largest absolute Gasteiger partial charge is 0.497 e. The molecule has 4 heteroatoms. The molecule has 1 fully saturated rings. The van der Waals surface area contributed by atoms with E-state index in [4.69, 9.17) is 9.84 Å². The van der Waals surface area contributed by atoms with Gasteiger partial charge in [0.2, 0.25) is 0 Å². The lowest BCUT2D eigenvalue weighted by Crippen LogP contribution is -1.99. The standard InChI is InChI=1S/C11H12O3S/c1-14-7-2-4-8(5-3-7)15-10-6-9(10)11(12)13/h2-5,9-10H,6H2,1H3,(H,12,13). The third kappa shape index (κ3) is 2.45. The maximum Gasteiger partial charge on any atom is 0.307 e. The van der Waals surface area contributed by atoms with Gasteiger partial charge in [-0.3, -0.25) is 4.79 Å². The van der Waals surface area contributed by atoms with E-state index in [9.17, 15) is 4.79 Å². The molecule has 0 bridgehead atoms. The Morgan fingerprint density at radius 3 is 2.60 bits per heavy atom. The van der Waals surface area contributed by atoms with E-state index in [-0.39, 0.29) is 11.2 Å². The van der Waals surface area contributed by atoms with Crippen molar-refractivity contribution in [2.75, 3.05) is 7.11 Å². The predicted octanol–water partition coefficient (Wildman–Crippen LogP) is 2.26. The number of carboxylic acid groups (broad SMARTS) is 1. The number of rotatable bonds is 4. The normalized spacial score (nSPS) is 23.5. The second-order valence-electron chi connectivity index (χ2n) is 3.51. The topological polar surface area (TPSA) is 46.5 Å². The Balaban J connectivity index is 1.92. The molecule has 1 aromatic carbocycles. The maximum atomic E-state index is 10.6. The third-order valence-corrected chi connectivity index (χ3v) is 3.76. The van der Waals surface area contributed by atoms with Gasteiger partial charge in [0.15, 0.2) is 0 Å². The summed E-state index contributed by atoms with van der Waals surface area (Å²) in [6.07, 6.45) is 0.784. The third-order valence-electron chi connectivity index (χ3n) is 2.40. The van der Waals surface area contributed by atoms with Crippen LogP contribution in [0, 0.1) is 5.92 Å². The van der Waals surface area contributed by atoms with Crippen molar-refractivity contribution >= 4 is 17.7 Å². The molecule has 1 aromatic rings. The first-order valence-corrected chi connectivity index (χ1v) is 5.62. The van der Waals surface area contributed by atoms with Crippen molar-refractivity contribution in [1.82, 2.24) is 0 Å². The molecule has 0 aliphatic heterocycles. The molecule has 2 atom stereocenters. The SMILES string of the molecule is COc1ccc(SC2CC2C(=O)O)cc1. The quantitative estimate of drug-likeness (QED) is 0.852. The molecule has 15 heavy (non-hydrogen) atoms. The average molecular weight is 224 g/mol. The zero-order chi connectivity index (χ0) is 10.8. The highest BCUT2D eigenvalue weighted by Crippen LogP contribution is 2.45. The van der Waals surface area contributed by atoms with Gasteiger partial charge in [-0.05, 0) is 30.7 Å². The van der Waals surface area contributed by atoms with E-state index in [0.29, 0.717) is 0 Å². The molecule has 0 aromatic heterocycles. The minimum Gasteiger partial charge on any atom is -0.497 e. The van der Waals surface area contributed by atoms with Crippen molar-refractivity contribution in [2.45, 2.75) is 16.6 Å². The lowest BCUT2D eigenvalue weighted by atomic mass is 10.3. The summed E-state index contributed by atoms with van der Waals surface area (Å²) in [6.45, 7) is 0. The summed E-state index contributed by atoms with van der Waals surface area (Å²) >= 11 is 1.63. The molecule has 2 rings (SSSR count). The van der Waals surface area contributed by atoms with Gasteiger partial charge in [0.1, 0.15) is 5.75 Å². The van der Waals surface area contributed by atoms with Crippen LogP contribution in [-0.4, -0.2) is 23.4 Å². The molecule has 1 N–H and O–H groups in total. The van der Waals surface area contributed by atoms with Crippen LogP contribution >= 0.6 is 11.8 Å². The number of hydrogen-bond donors (Lipinski definition) is 1. The van der Waals surface area contributed by atoms with Gasteiger partial charge in [0.05, 0.1) is 13.0 Å². The van der Waals surface area contributed by atoms with Gasteiger partial charge in [-0.1, -0.05) is 0 Å². The van der Waals surface area contributed by atoms with E-state index in [0.717, 1.165) is 17.1 Å². The number of aliphatic carboxylic acids is 1. The van der Waals surface area contributed by atoms with Crippen molar-refractivity contribution in [3.63, 3.8) is 0 Å². The number of hydrogen-bond acceptors (Lipinski definition) is 3. The Morgan fingerprint density at radius 2 is 2.13 bits per heavy atom. The van der Waals surface area contributed by atoms with Crippen LogP contribution in [-0.2, 0) is 4.79 Å². The smallest absolute Gasteiger partial charge is 0.307 e. The summed E-state index contributed by atoms with van der Waals surface area (Å²) in [5.74, 6) is -0.0111. The minimum absolute atomic E-state index is 0.155. The maximum absolute atomic E-state index is 10.6. The predicted molar refractivity (Wildman–Crippen MR) is 58.4 cm³/mol. The van der Waals surface area contributed by atoms with Gasteiger partial charge in [0, 0.05) is 10.1 Å². The van der Waals surface area contributed by atoms with Gasteiger partial charge in [-0.2, -0.15) is 0 Å². The summed E-state index contributed by atoms with van der Waals surface area (Å²) in [5.41, 5.74) is 0. The zero-order valence-electron chi connectivity index (χ0n) is 8.34. The average Bonchev–Trinajstić information content (AvgIpc) is 2.98. The van der Waals surface area contributed by atoms with Crippen molar-refractivity contribution < 1.29 is 14.6 Å². The number of methoxy groups -OCH3 is 1. The first-order valence-electron chi connectivity index (χ1n) is 4.74. The van der Waals surface area contributed by atoms with Crippen LogP contribution < -0.4 is 4.74 Å². The Bertz CT molecular complexity index is 361. The van der Waals surface area contributed by atoms with Gasteiger partial charge in [0.25, 0.3) is 0 Å². The molecule has 0 radical (unpaired) electrons. The summed E-state index contributed by atoms with van der Waals surface area (Å²) < 4.78 is 5.05. The first kappa shape index (κ1) is 10.4. The van der Waals surface area contributed by atoms with Gasteiger partial charge in [-0.25, -0.2) is 0 Å². The zero-order valence-corrected chi connectivity index (χ0v) is 9.16. The molecule has 80 valence electrons. The molecule has 1 saturated carbocycles. The Morgan fingerprint density at radius 1 is 1.47 bits per heavy atom. The van der Waals surface area contributed by atoms with Crippen LogP contribution in [0.5, 0.6) is 5.75 Å². The van der Waals surface area contributed by atoms with E-state index in [1.807, 2.05) is 24.3 Å². The molecule has 0 saturated heterocycles. The Hall–Kier alpha value is -1.16. The molecular weight excluding hydrogens is 212 g/mol. The number of thioether (sulfide) groups is 1. The highest BCUT2D eigenvalue weighted by molar-refractivity contribution is 8.00. The first-order chi connectivity index (χ1) is 7.20. The summed E-state index contributed by atoms with van der Waals surface area (Å²) in [5, 5.41) is 9.00. The van der Waals surface area contributed by atoms with Crippen LogP contribution in [0.3, 0.4) is 0 Å². The molecule has 0 spiro atoms. The fourth-order valence-electron chi connectivity index (χ4n) is 1.39. The van der Waals surface area contributed by atoms with Gasteiger partial charge < -0.3 is 9.84 Å². The van der Waals surface area contributed by atoms with Crippen LogP contribution in [0.2, 0.25) is 0 Å².